The van der Waals surface area contributed by atoms with E-state index in [0.29, 0.717) is 48.2 Å². The number of rotatable bonds is 36. The van der Waals surface area contributed by atoms with Crippen LogP contribution in [-0.2, 0) is 51.7 Å². The number of quaternary nitrogens is 1. The standard InChI is InChI=1S/C40H72NO12P/c1-34(2)39(44)48-29-24-20-16-12-8-10-14-18-22-26-37(42)50-32-36(33-52-54(46,47)51-31-28-41(5,6)7)53-38(43)27-23-19-15-11-9-13-17-21-25-30-49-40(45)35(3)4/h36H,1,3,8-33H2,2,4-7H3/t36-/m1/s1. The molecule has 0 spiro atoms. The Labute approximate surface area is 325 Å². The van der Waals surface area contributed by atoms with Gasteiger partial charge in [-0.3, -0.25) is 14.2 Å². The van der Waals surface area contributed by atoms with Crippen LogP contribution >= 0.6 is 7.82 Å². The molecule has 0 bridgehead atoms. The highest BCUT2D eigenvalue weighted by Gasteiger charge is 2.21. The van der Waals surface area contributed by atoms with Crippen molar-refractivity contribution in [2.75, 3.05) is 60.7 Å². The van der Waals surface area contributed by atoms with Gasteiger partial charge >= 0.3 is 23.9 Å². The fourth-order valence-corrected chi connectivity index (χ4v) is 5.78. The molecule has 0 aliphatic carbocycles. The van der Waals surface area contributed by atoms with E-state index in [4.69, 9.17) is 28.0 Å². The van der Waals surface area contributed by atoms with Gasteiger partial charge in [0, 0.05) is 24.0 Å². The molecule has 13 nitrogen and oxygen atoms in total. The van der Waals surface area contributed by atoms with Gasteiger partial charge in [-0.05, 0) is 39.5 Å². The van der Waals surface area contributed by atoms with Crippen LogP contribution in [0.15, 0.2) is 24.3 Å². The zero-order valence-electron chi connectivity index (χ0n) is 34.2. The van der Waals surface area contributed by atoms with Crippen molar-refractivity contribution in [3.05, 3.63) is 24.3 Å². The lowest BCUT2D eigenvalue weighted by molar-refractivity contribution is -0.870. The summed E-state index contributed by atoms with van der Waals surface area (Å²) in [5, 5.41) is 0. The summed E-state index contributed by atoms with van der Waals surface area (Å²) in [6, 6.07) is 0. The van der Waals surface area contributed by atoms with E-state index < -0.39 is 32.5 Å². The fourth-order valence-electron chi connectivity index (χ4n) is 5.05. The number of carbonyl (C=O) groups is 4. The highest BCUT2D eigenvalue weighted by Crippen LogP contribution is 2.38. The van der Waals surface area contributed by atoms with Gasteiger partial charge in [-0.25, -0.2) is 9.59 Å². The number of phosphoric acid groups is 1. The Kier molecular flexibility index (Phi) is 30.1. The minimum absolute atomic E-state index is 0.0640. The van der Waals surface area contributed by atoms with E-state index in [9.17, 15) is 28.6 Å². The van der Waals surface area contributed by atoms with Crippen molar-refractivity contribution in [2.45, 2.75) is 148 Å². The molecule has 0 saturated heterocycles. The van der Waals surface area contributed by atoms with Crippen LogP contribution in [0.2, 0.25) is 0 Å². The van der Waals surface area contributed by atoms with Crippen LogP contribution in [0.3, 0.4) is 0 Å². The number of ether oxygens (including phenoxy) is 4. The van der Waals surface area contributed by atoms with Crippen molar-refractivity contribution >= 4 is 31.7 Å². The van der Waals surface area contributed by atoms with Crippen LogP contribution in [0.25, 0.3) is 0 Å². The van der Waals surface area contributed by atoms with Gasteiger partial charge in [0.1, 0.15) is 19.8 Å². The van der Waals surface area contributed by atoms with Gasteiger partial charge in [0.25, 0.3) is 7.82 Å². The molecule has 0 radical (unpaired) electrons. The molecule has 1 unspecified atom stereocenters. The van der Waals surface area contributed by atoms with Crippen LogP contribution in [0, 0.1) is 0 Å². The Morgan fingerprint density at radius 2 is 0.944 bits per heavy atom. The zero-order valence-corrected chi connectivity index (χ0v) is 35.1. The van der Waals surface area contributed by atoms with Gasteiger partial charge in [0.2, 0.25) is 0 Å². The van der Waals surface area contributed by atoms with Crippen LogP contribution in [0.5, 0.6) is 0 Å². The van der Waals surface area contributed by atoms with Gasteiger partial charge < -0.3 is 37.4 Å². The predicted molar refractivity (Wildman–Crippen MR) is 207 cm³/mol. The van der Waals surface area contributed by atoms with E-state index in [1.165, 1.54) is 0 Å². The third-order valence-corrected chi connectivity index (χ3v) is 9.34. The maximum absolute atomic E-state index is 12.6. The molecule has 314 valence electrons. The van der Waals surface area contributed by atoms with Crippen molar-refractivity contribution in [3.8, 4) is 0 Å². The number of phosphoric ester groups is 1. The first-order chi connectivity index (χ1) is 25.5. The quantitative estimate of drug-likeness (QED) is 0.0152. The van der Waals surface area contributed by atoms with Gasteiger partial charge in [-0.1, -0.05) is 103 Å². The number of hydrogen-bond acceptors (Lipinski definition) is 12. The summed E-state index contributed by atoms with van der Waals surface area (Å²) in [6.07, 6.45) is 16.7. The number of likely N-dealkylation sites (N-methyl/N-ethyl adjacent to an activating group) is 1. The highest BCUT2D eigenvalue weighted by molar-refractivity contribution is 7.45. The molecule has 54 heavy (non-hydrogen) atoms. The second-order valence-electron chi connectivity index (χ2n) is 15.1. The van der Waals surface area contributed by atoms with Gasteiger partial charge in [0.15, 0.2) is 6.10 Å². The van der Waals surface area contributed by atoms with Crippen molar-refractivity contribution < 1.29 is 61.1 Å². The normalized spacial score (nSPS) is 13.1. The Morgan fingerprint density at radius 1 is 0.556 bits per heavy atom. The SMILES string of the molecule is C=C(C)C(=O)OCCCCCCCCCCCC(=O)OC[C@H](COP(=O)([O-])OCC[N+](C)(C)C)OC(=O)CCCCCCCCCCCOC(=O)C(=C)C. The molecule has 0 aliphatic rings. The predicted octanol–water partition coefficient (Wildman–Crippen LogP) is 7.69. The van der Waals surface area contributed by atoms with Crippen LogP contribution in [0.1, 0.15) is 142 Å². The maximum Gasteiger partial charge on any atom is 0.333 e. The minimum atomic E-state index is -4.66. The first-order valence-electron chi connectivity index (χ1n) is 19.9. The summed E-state index contributed by atoms with van der Waals surface area (Å²) >= 11 is 0. The third kappa shape index (κ3) is 34.0. The van der Waals surface area contributed by atoms with E-state index in [-0.39, 0.29) is 38.0 Å². The Balaban J connectivity index is 4.39. The van der Waals surface area contributed by atoms with Gasteiger partial charge in [-0.2, -0.15) is 0 Å². The third-order valence-electron chi connectivity index (χ3n) is 8.37. The summed E-state index contributed by atoms with van der Waals surface area (Å²) in [5.74, 6) is -1.64. The van der Waals surface area contributed by atoms with Crippen LogP contribution in [-0.4, -0.2) is 95.2 Å². The molecule has 0 aromatic heterocycles. The molecule has 0 N–H and O–H groups in total. The molecule has 2 atom stereocenters. The smallest absolute Gasteiger partial charge is 0.333 e. The largest absolute Gasteiger partial charge is 0.756 e. The first-order valence-corrected chi connectivity index (χ1v) is 21.4. The highest BCUT2D eigenvalue weighted by atomic mass is 31.2. The van der Waals surface area contributed by atoms with Crippen molar-refractivity contribution in [3.63, 3.8) is 0 Å². The molecule has 0 aromatic carbocycles. The summed E-state index contributed by atoms with van der Waals surface area (Å²) in [5.41, 5.74) is 0.822. The van der Waals surface area contributed by atoms with Gasteiger partial charge in [0.05, 0.1) is 41.0 Å². The topological polar surface area (TPSA) is 164 Å². The van der Waals surface area contributed by atoms with Crippen molar-refractivity contribution in [2.24, 2.45) is 0 Å². The maximum atomic E-state index is 12.6. The van der Waals surface area contributed by atoms with Crippen LogP contribution < -0.4 is 4.89 Å². The molecule has 0 fully saturated rings. The van der Waals surface area contributed by atoms with E-state index in [1.807, 2.05) is 21.1 Å². The molecule has 0 heterocycles. The second-order valence-corrected chi connectivity index (χ2v) is 16.5. The Morgan fingerprint density at radius 3 is 1.35 bits per heavy atom. The lowest BCUT2D eigenvalue weighted by Gasteiger charge is -2.28. The number of esters is 4. The summed E-state index contributed by atoms with van der Waals surface area (Å²) in [7, 11) is 1.05. The van der Waals surface area contributed by atoms with Crippen LogP contribution in [0.4, 0.5) is 0 Å². The molecular weight excluding hydrogens is 717 g/mol. The number of unbranched alkanes of at least 4 members (excludes halogenated alkanes) is 16. The average molecular weight is 790 g/mol. The molecule has 0 saturated carbocycles. The number of hydrogen-bond donors (Lipinski definition) is 0. The van der Waals surface area contributed by atoms with E-state index >= 15 is 0 Å². The lowest BCUT2D eigenvalue weighted by atomic mass is 10.1. The summed E-state index contributed by atoms with van der Waals surface area (Å²) < 4.78 is 43.8. The van der Waals surface area contributed by atoms with E-state index in [1.54, 1.807) is 13.8 Å². The lowest BCUT2D eigenvalue weighted by Crippen LogP contribution is -2.37. The summed E-state index contributed by atoms with van der Waals surface area (Å²) in [6.45, 7) is 10.8. The second kappa shape index (κ2) is 31.6. The molecule has 0 rings (SSSR count). The van der Waals surface area contributed by atoms with Crippen molar-refractivity contribution in [1.82, 2.24) is 0 Å². The average Bonchev–Trinajstić information content (AvgIpc) is 3.09. The summed E-state index contributed by atoms with van der Waals surface area (Å²) in [4.78, 5) is 60.1. The molecular formula is C40H72NO12P. The van der Waals surface area contributed by atoms with Gasteiger partial charge in [-0.15, -0.1) is 0 Å². The van der Waals surface area contributed by atoms with Crippen molar-refractivity contribution in [1.29, 1.82) is 0 Å². The molecule has 14 heteroatoms. The first kappa shape index (κ1) is 51.4. The van der Waals surface area contributed by atoms with E-state index in [2.05, 4.69) is 13.2 Å². The molecule has 0 aromatic rings. The monoisotopic (exact) mass is 789 g/mol. The zero-order chi connectivity index (χ0) is 40.7. The Hall–Kier alpha value is -2.57. The Bertz CT molecular complexity index is 1140. The molecule has 0 aliphatic heterocycles. The van der Waals surface area contributed by atoms with E-state index in [0.717, 1.165) is 103 Å². The molecule has 0 amide bonds. The minimum Gasteiger partial charge on any atom is -0.756 e. The number of nitrogens with zero attached hydrogens (tertiary/aromatic N) is 1. The number of carbonyl (C=O) groups excluding carboxylic acids is 4. The fraction of sp³-hybridized carbons (Fsp3) is 0.800.